The Bertz CT molecular complexity index is 1530. The van der Waals surface area contributed by atoms with E-state index >= 15 is 0 Å². The Morgan fingerprint density at radius 3 is 2.50 bits per heavy atom. The van der Waals surface area contributed by atoms with E-state index in [4.69, 9.17) is 25.0 Å². The third kappa shape index (κ3) is 3.12. The second-order valence-corrected chi connectivity index (χ2v) is 8.13. The van der Waals surface area contributed by atoms with Crippen LogP contribution in [0, 0.1) is 5.92 Å². The van der Waals surface area contributed by atoms with Gasteiger partial charge in [-0.15, -0.1) is 0 Å². The maximum absolute atomic E-state index is 4.86. The standard InChI is InChI=1S/C26H18N8/c1-2-8-16-15(7-1)23-29-19-11-5-13-21(27-19)31-25-17-9-3-4-10-18(17)26(34-25)32-22-14-6-12-20(28-22)30-24(16)33-23/h1-15H,(H3,27,28,29,30,31,32,33,34). The molecule has 5 aliphatic rings. The van der Waals surface area contributed by atoms with Crippen molar-refractivity contribution in [1.82, 2.24) is 15.6 Å². The first kappa shape index (κ1) is 18.7. The van der Waals surface area contributed by atoms with Crippen molar-refractivity contribution in [3.8, 4) is 0 Å². The van der Waals surface area contributed by atoms with Crippen LogP contribution in [0.4, 0.5) is 11.6 Å². The van der Waals surface area contributed by atoms with E-state index in [9.17, 15) is 0 Å². The monoisotopic (exact) mass is 442 g/mol. The summed E-state index contributed by atoms with van der Waals surface area (Å²) >= 11 is 0. The fourth-order valence-electron chi connectivity index (χ4n) is 4.36. The molecule has 7 rings (SSSR count). The van der Waals surface area contributed by atoms with Crippen molar-refractivity contribution in [3.05, 3.63) is 113 Å². The third-order valence-corrected chi connectivity index (χ3v) is 5.92. The zero-order valence-corrected chi connectivity index (χ0v) is 17.9. The molecule has 0 saturated heterocycles. The maximum Gasteiger partial charge on any atom is 0.164 e. The molecule has 3 N–H and O–H groups in total. The number of pyridine rings is 1. The van der Waals surface area contributed by atoms with Gasteiger partial charge in [0, 0.05) is 16.7 Å². The van der Waals surface area contributed by atoms with Crippen LogP contribution in [0.25, 0.3) is 0 Å². The number of amidine groups is 4. The largest absolute Gasteiger partial charge is 0.329 e. The second kappa shape index (κ2) is 7.35. The van der Waals surface area contributed by atoms with E-state index < -0.39 is 0 Å². The Morgan fingerprint density at radius 2 is 1.59 bits per heavy atom. The van der Waals surface area contributed by atoms with Crippen LogP contribution in [0.1, 0.15) is 11.1 Å². The summed E-state index contributed by atoms with van der Waals surface area (Å²) in [4.78, 5) is 23.9. The lowest BCUT2D eigenvalue weighted by atomic mass is 9.95. The molecule has 1 aromatic carbocycles. The molecule has 1 aliphatic carbocycles. The van der Waals surface area contributed by atoms with Crippen LogP contribution < -0.4 is 16.0 Å². The molecule has 5 heterocycles. The molecule has 0 amide bonds. The molecule has 8 nitrogen and oxygen atoms in total. The molecule has 4 aliphatic heterocycles. The van der Waals surface area contributed by atoms with Crippen LogP contribution in [0.15, 0.2) is 122 Å². The van der Waals surface area contributed by atoms with Crippen LogP contribution in [-0.4, -0.2) is 28.3 Å². The van der Waals surface area contributed by atoms with E-state index in [0.717, 1.165) is 34.2 Å². The van der Waals surface area contributed by atoms with Crippen molar-refractivity contribution in [2.75, 3.05) is 5.32 Å². The highest BCUT2D eigenvalue weighted by Crippen LogP contribution is 2.31. The van der Waals surface area contributed by atoms with Gasteiger partial charge in [0.05, 0.1) is 5.92 Å². The van der Waals surface area contributed by atoms with Gasteiger partial charge in [0.15, 0.2) is 17.5 Å². The van der Waals surface area contributed by atoms with Crippen molar-refractivity contribution in [1.29, 1.82) is 0 Å². The predicted octanol–water partition coefficient (Wildman–Crippen LogP) is 3.70. The van der Waals surface area contributed by atoms with Crippen LogP contribution in [0.2, 0.25) is 0 Å². The summed E-state index contributed by atoms with van der Waals surface area (Å²) in [5.41, 5.74) is 2.94. The van der Waals surface area contributed by atoms with Crippen molar-refractivity contribution in [3.63, 3.8) is 0 Å². The van der Waals surface area contributed by atoms with Gasteiger partial charge in [-0.1, -0.05) is 60.7 Å². The van der Waals surface area contributed by atoms with E-state index in [2.05, 4.69) is 28.1 Å². The lowest BCUT2D eigenvalue weighted by Crippen LogP contribution is -2.38. The third-order valence-electron chi connectivity index (χ3n) is 5.92. The van der Waals surface area contributed by atoms with Gasteiger partial charge in [0.25, 0.3) is 0 Å². The number of nitrogens with zero attached hydrogens (tertiary/aromatic N) is 5. The molecule has 34 heavy (non-hydrogen) atoms. The van der Waals surface area contributed by atoms with Crippen molar-refractivity contribution in [2.24, 2.45) is 25.9 Å². The van der Waals surface area contributed by atoms with Crippen LogP contribution in [0.5, 0.6) is 0 Å². The van der Waals surface area contributed by atoms with Gasteiger partial charge in [-0.05, 0) is 24.3 Å². The maximum atomic E-state index is 4.86. The molecule has 1 unspecified atom stereocenters. The average molecular weight is 442 g/mol. The predicted molar refractivity (Wildman–Crippen MR) is 134 cm³/mol. The lowest BCUT2D eigenvalue weighted by molar-refractivity contribution is 0.922. The number of nitrogens with one attached hydrogen (secondary N) is 3. The first-order valence-electron chi connectivity index (χ1n) is 11.0. The number of anilines is 1. The molecular weight excluding hydrogens is 424 g/mol. The smallest absolute Gasteiger partial charge is 0.164 e. The van der Waals surface area contributed by atoms with E-state index in [-0.39, 0.29) is 5.92 Å². The molecule has 0 saturated carbocycles. The number of dihydropyridines is 1. The number of allylic oxidation sites excluding steroid dienone is 5. The number of aromatic nitrogens is 1. The topological polar surface area (TPSA) is 98.4 Å². The van der Waals surface area contributed by atoms with Gasteiger partial charge >= 0.3 is 0 Å². The van der Waals surface area contributed by atoms with Crippen molar-refractivity contribution >= 4 is 35.0 Å². The minimum atomic E-state index is 0.0212. The number of rotatable bonds is 0. The number of aliphatic imine (C=N–C) groups is 4. The van der Waals surface area contributed by atoms with Gasteiger partial charge in [-0.3, -0.25) is 0 Å². The fraction of sp³-hybridized carbons (Fsp3) is 0.0385. The van der Waals surface area contributed by atoms with E-state index in [1.807, 2.05) is 72.8 Å². The highest BCUT2D eigenvalue weighted by molar-refractivity contribution is 6.25. The van der Waals surface area contributed by atoms with Crippen LogP contribution in [-0.2, 0) is 0 Å². The Morgan fingerprint density at radius 1 is 0.706 bits per heavy atom. The number of benzene rings is 1. The fourth-order valence-corrected chi connectivity index (χ4v) is 4.36. The molecule has 2 aromatic rings. The molecule has 0 spiro atoms. The molecule has 0 fully saturated rings. The molecule has 0 radical (unpaired) electrons. The average Bonchev–Trinajstić information content (AvgIpc) is 3.37. The molecule has 162 valence electrons. The summed E-state index contributed by atoms with van der Waals surface area (Å²) in [6.45, 7) is 0. The molecule has 1 aromatic heterocycles. The van der Waals surface area contributed by atoms with E-state index in [1.54, 1.807) is 0 Å². The SMILES string of the molecule is C1=CC2=NC3=NC(=Nc4cccc(n4)NC4=C5C=CC=CC5C(=N4)NC(=C1)N2)c1ccccc13. The zero-order chi connectivity index (χ0) is 22.5. The van der Waals surface area contributed by atoms with Gasteiger partial charge in [0.2, 0.25) is 0 Å². The highest BCUT2D eigenvalue weighted by Gasteiger charge is 2.29. The summed E-state index contributed by atoms with van der Waals surface area (Å²) in [6.07, 6.45) is 14.1. The Hall–Kier alpha value is -4.85. The van der Waals surface area contributed by atoms with Gasteiger partial charge in [-0.2, -0.15) is 0 Å². The normalized spacial score (nSPS) is 21.2. The molecule has 8 bridgehead atoms. The highest BCUT2D eigenvalue weighted by atomic mass is 15.2. The van der Waals surface area contributed by atoms with Crippen molar-refractivity contribution in [2.45, 2.75) is 0 Å². The zero-order valence-electron chi connectivity index (χ0n) is 17.9. The number of hydrogen-bond acceptors (Lipinski definition) is 8. The van der Waals surface area contributed by atoms with Crippen molar-refractivity contribution < 1.29 is 0 Å². The number of fused-ring (bicyclic) bond motifs is 11. The molecule has 8 heteroatoms. The first-order chi connectivity index (χ1) is 16.8. The quantitative estimate of drug-likeness (QED) is 0.579. The molecule has 1 atom stereocenters. The lowest BCUT2D eigenvalue weighted by Gasteiger charge is -2.19. The van der Waals surface area contributed by atoms with Gasteiger partial charge in [-0.25, -0.2) is 25.0 Å². The Kier molecular flexibility index (Phi) is 4.04. The van der Waals surface area contributed by atoms with Crippen LogP contribution >= 0.6 is 0 Å². The van der Waals surface area contributed by atoms with Gasteiger partial charge in [0.1, 0.15) is 29.1 Å². The van der Waals surface area contributed by atoms with E-state index in [1.165, 1.54) is 0 Å². The minimum absolute atomic E-state index is 0.0212. The van der Waals surface area contributed by atoms with Crippen LogP contribution in [0.3, 0.4) is 0 Å². The first-order valence-corrected chi connectivity index (χ1v) is 11.0. The Balaban J connectivity index is 1.40. The Labute approximate surface area is 195 Å². The second-order valence-electron chi connectivity index (χ2n) is 8.13. The number of hydrogen-bond donors (Lipinski definition) is 3. The summed E-state index contributed by atoms with van der Waals surface area (Å²) in [7, 11) is 0. The van der Waals surface area contributed by atoms with E-state index in [0.29, 0.717) is 29.1 Å². The summed E-state index contributed by atoms with van der Waals surface area (Å²) in [5, 5.41) is 10.2. The summed E-state index contributed by atoms with van der Waals surface area (Å²) in [6, 6.07) is 13.7. The summed E-state index contributed by atoms with van der Waals surface area (Å²) in [5.74, 6) is 5.47. The summed E-state index contributed by atoms with van der Waals surface area (Å²) < 4.78 is 0. The molecular formula is C26H18N8. The van der Waals surface area contributed by atoms with Gasteiger partial charge < -0.3 is 16.0 Å². The minimum Gasteiger partial charge on any atom is -0.329 e.